The van der Waals surface area contributed by atoms with Gasteiger partial charge >= 0.3 is 0 Å². The molecule has 0 aromatic rings. The molecule has 1 atom stereocenters. The Hall–Kier alpha value is -1.09. The first-order valence-electron chi connectivity index (χ1n) is 5.75. The number of nitriles is 1. The summed E-state index contributed by atoms with van der Waals surface area (Å²) in [6.45, 7) is 4.13. The number of hydrogen-bond donors (Lipinski definition) is 0. The third-order valence-electron chi connectivity index (χ3n) is 2.95. The van der Waals surface area contributed by atoms with Gasteiger partial charge in [-0.15, -0.1) is 0 Å². The van der Waals surface area contributed by atoms with Crippen molar-refractivity contribution in [3.8, 4) is 6.07 Å². The van der Waals surface area contributed by atoms with Gasteiger partial charge in [0.25, 0.3) is 0 Å². The van der Waals surface area contributed by atoms with Crippen LogP contribution in [0.25, 0.3) is 0 Å². The Morgan fingerprint density at radius 2 is 2.18 bits per heavy atom. The van der Waals surface area contributed by atoms with E-state index in [1.807, 2.05) is 19.9 Å². The van der Waals surface area contributed by atoms with Gasteiger partial charge in [-0.25, -0.2) is 8.42 Å². The predicted molar refractivity (Wildman–Crippen MR) is 63.8 cm³/mol. The summed E-state index contributed by atoms with van der Waals surface area (Å²) < 4.78 is 22.7. The van der Waals surface area contributed by atoms with Crippen molar-refractivity contribution in [1.82, 2.24) is 4.90 Å². The molecule has 1 heterocycles. The molecule has 1 fully saturated rings. The lowest BCUT2D eigenvalue weighted by Crippen LogP contribution is -2.41. The number of rotatable bonds is 4. The summed E-state index contributed by atoms with van der Waals surface area (Å²) in [7, 11) is -3.03. The highest BCUT2D eigenvalue weighted by Gasteiger charge is 2.35. The second-order valence-corrected chi connectivity index (χ2v) is 6.86. The molecule has 0 aromatic carbocycles. The number of sulfone groups is 1. The van der Waals surface area contributed by atoms with E-state index >= 15 is 0 Å². The normalized spacial score (nSPS) is 22.4. The maximum atomic E-state index is 12.1. The van der Waals surface area contributed by atoms with Crippen LogP contribution in [0.2, 0.25) is 0 Å². The SMILES string of the molecule is CC(C)N(CCC#N)C(=O)C1CCS(=O)(=O)C1. The predicted octanol–water partition coefficient (Wildman–Crippen LogP) is 0.572. The van der Waals surface area contributed by atoms with E-state index < -0.39 is 15.8 Å². The minimum atomic E-state index is -3.03. The molecule has 0 aromatic heterocycles. The third kappa shape index (κ3) is 3.70. The summed E-state index contributed by atoms with van der Waals surface area (Å²) in [5.41, 5.74) is 0. The van der Waals surface area contributed by atoms with E-state index in [0.29, 0.717) is 13.0 Å². The summed E-state index contributed by atoms with van der Waals surface area (Å²) in [6.07, 6.45) is 0.695. The van der Waals surface area contributed by atoms with Crippen molar-refractivity contribution >= 4 is 15.7 Å². The summed E-state index contributed by atoms with van der Waals surface area (Å²) >= 11 is 0. The maximum absolute atomic E-state index is 12.1. The quantitative estimate of drug-likeness (QED) is 0.738. The maximum Gasteiger partial charge on any atom is 0.227 e. The number of nitrogens with zero attached hydrogens (tertiary/aromatic N) is 2. The van der Waals surface area contributed by atoms with E-state index in [9.17, 15) is 13.2 Å². The first kappa shape index (κ1) is 14.0. The Morgan fingerprint density at radius 1 is 1.53 bits per heavy atom. The van der Waals surface area contributed by atoms with E-state index in [1.165, 1.54) is 0 Å². The largest absolute Gasteiger partial charge is 0.339 e. The van der Waals surface area contributed by atoms with Crippen molar-refractivity contribution in [2.45, 2.75) is 32.7 Å². The molecule has 0 radical (unpaired) electrons. The Balaban J connectivity index is 2.69. The zero-order valence-electron chi connectivity index (χ0n) is 10.2. The van der Waals surface area contributed by atoms with E-state index in [-0.39, 0.29) is 29.9 Å². The van der Waals surface area contributed by atoms with Gasteiger partial charge in [-0.05, 0) is 20.3 Å². The number of hydrogen-bond acceptors (Lipinski definition) is 4. The molecule has 0 saturated carbocycles. The Morgan fingerprint density at radius 3 is 2.59 bits per heavy atom. The topological polar surface area (TPSA) is 78.2 Å². The molecular formula is C11H18N2O3S. The van der Waals surface area contributed by atoms with Crippen LogP contribution in [0.5, 0.6) is 0 Å². The van der Waals surface area contributed by atoms with Crippen molar-refractivity contribution in [3.05, 3.63) is 0 Å². The van der Waals surface area contributed by atoms with Crippen molar-refractivity contribution in [3.63, 3.8) is 0 Å². The molecule has 1 aliphatic heterocycles. The summed E-state index contributed by atoms with van der Waals surface area (Å²) in [4.78, 5) is 13.7. The van der Waals surface area contributed by atoms with Crippen LogP contribution < -0.4 is 0 Å². The highest BCUT2D eigenvalue weighted by molar-refractivity contribution is 7.91. The fraction of sp³-hybridized carbons (Fsp3) is 0.818. The Kier molecular flexibility index (Phi) is 4.52. The molecule has 0 bridgehead atoms. The molecule has 0 aliphatic carbocycles. The number of carbonyl (C=O) groups excluding carboxylic acids is 1. The lowest BCUT2D eigenvalue weighted by Gasteiger charge is -2.28. The van der Waals surface area contributed by atoms with Gasteiger partial charge in [-0.2, -0.15) is 5.26 Å². The highest BCUT2D eigenvalue weighted by atomic mass is 32.2. The van der Waals surface area contributed by atoms with Crippen molar-refractivity contribution < 1.29 is 13.2 Å². The molecular weight excluding hydrogens is 240 g/mol. The fourth-order valence-electron chi connectivity index (χ4n) is 2.02. The molecule has 17 heavy (non-hydrogen) atoms. The number of carbonyl (C=O) groups is 1. The van der Waals surface area contributed by atoms with Crippen LogP contribution >= 0.6 is 0 Å². The minimum Gasteiger partial charge on any atom is -0.339 e. The molecule has 0 spiro atoms. The van der Waals surface area contributed by atoms with Crippen LogP contribution in [0, 0.1) is 17.2 Å². The highest BCUT2D eigenvalue weighted by Crippen LogP contribution is 2.21. The lowest BCUT2D eigenvalue weighted by molar-refractivity contribution is -0.136. The van der Waals surface area contributed by atoms with Crippen LogP contribution in [0.1, 0.15) is 26.7 Å². The van der Waals surface area contributed by atoms with E-state index in [2.05, 4.69) is 0 Å². The van der Waals surface area contributed by atoms with E-state index in [0.717, 1.165) is 0 Å². The summed E-state index contributed by atoms with van der Waals surface area (Å²) in [5.74, 6) is -0.479. The summed E-state index contributed by atoms with van der Waals surface area (Å²) in [6, 6.07) is 2.00. The average Bonchev–Trinajstić information content (AvgIpc) is 2.58. The molecule has 1 unspecified atom stereocenters. The van der Waals surface area contributed by atoms with Crippen LogP contribution in [0.4, 0.5) is 0 Å². The van der Waals surface area contributed by atoms with Crippen LogP contribution in [-0.2, 0) is 14.6 Å². The third-order valence-corrected chi connectivity index (χ3v) is 4.72. The molecule has 1 rings (SSSR count). The standard InChI is InChI=1S/C11H18N2O3S/c1-9(2)13(6-3-5-12)11(14)10-4-7-17(15,16)8-10/h9-10H,3-4,6-8H2,1-2H3. The molecule has 1 amide bonds. The molecule has 1 saturated heterocycles. The smallest absolute Gasteiger partial charge is 0.227 e. The van der Waals surface area contributed by atoms with Gasteiger partial charge in [0.2, 0.25) is 5.91 Å². The fourth-order valence-corrected chi connectivity index (χ4v) is 3.75. The Bertz CT molecular complexity index is 422. The van der Waals surface area contributed by atoms with Gasteiger partial charge in [0.05, 0.1) is 29.9 Å². The van der Waals surface area contributed by atoms with Crippen LogP contribution in [-0.4, -0.2) is 43.3 Å². The zero-order chi connectivity index (χ0) is 13.1. The van der Waals surface area contributed by atoms with Gasteiger partial charge in [-0.1, -0.05) is 0 Å². The van der Waals surface area contributed by atoms with Crippen molar-refractivity contribution in [2.75, 3.05) is 18.1 Å². The van der Waals surface area contributed by atoms with Crippen LogP contribution in [0.15, 0.2) is 0 Å². The Labute approximate surface area is 102 Å². The number of amides is 1. The van der Waals surface area contributed by atoms with Crippen molar-refractivity contribution in [1.29, 1.82) is 5.26 Å². The average molecular weight is 258 g/mol. The molecule has 0 N–H and O–H groups in total. The molecule has 96 valence electrons. The van der Waals surface area contributed by atoms with Gasteiger partial charge in [0, 0.05) is 12.6 Å². The first-order chi connectivity index (χ1) is 7.87. The lowest BCUT2D eigenvalue weighted by atomic mass is 10.1. The van der Waals surface area contributed by atoms with Gasteiger partial charge in [0.1, 0.15) is 0 Å². The first-order valence-corrected chi connectivity index (χ1v) is 7.57. The monoisotopic (exact) mass is 258 g/mol. The second-order valence-electron chi connectivity index (χ2n) is 4.63. The molecule has 5 nitrogen and oxygen atoms in total. The van der Waals surface area contributed by atoms with Gasteiger partial charge in [-0.3, -0.25) is 4.79 Å². The zero-order valence-corrected chi connectivity index (χ0v) is 11.0. The summed E-state index contributed by atoms with van der Waals surface area (Å²) in [5, 5.41) is 8.54. The molecule has 6 heteroatoms. The van der Waals surface area contributed by atoms with E-state index in [1.54, 1.807) is 4.90 Å². The van der Waals surface area contributed by atoms with Crippen LogP contribution in [0.3, 0.4) is 0 Å². The van der Waals surface area contributed by atoms with Crippen molar-refractivity contribution in [2.24, 2.45) is 5.92 Å². The van der Waals surface area contributed by atoms with Gasteiger partial charge in [0.15, 0.2) is 9.84 Å². The van der Waals surface area contributed by atoms with E-state index in [4.69, 9.17) is 5.26 Å². The minimum absolute atomic E-state index is 0.000783. The molecule has 1 aliphatic rings. The van der Waals surface area contributed by atoms with Gasteiger partial charge < -0.3 is 4.90 Å². The second kappa shape index (κ2) is 5.50.